The smallest absolute Gasteiger partial charge is 0.410 e. The van der Waals surface area contributed by atoms with Crippen LogP contribution in [0.3, 0.4) is 0 Å². The SMILES string of the molecule is CC(NC1CCCN(C(=O)OC(C)(C)C)C1)c1ccc2c(c1)CCO2. The van der Waals surface area contributed by atoms with E-state index in [9.17, 15) is 4.79 Å². The zero-order valence-corrected chi connectivity index (χ0v) is 15.8. The first-order chi connectivity index (χ1) is 11.8. The maximum Gasteiger partial charge on any atom is 0.410 e. The van der Waals surface area contributed by atoms with Crippen LogP contribution in [0.25, 0.3) is 0 Å². The van der Waals surface area contributed by atoms with Gasteiger partial charge in [0.05, 0.1) is 6.61 Å². The van der Waals surface area contributed by atoms with Crippen LogP contribution >= 0.6 is 0 Å². The molecule has 1 aromatic rings. The van der Waals surface area contributed by atoms with E-state index < -0.39 is 5.60 Å². The molecule has 5 heteroatoms. The molecule has 0 bridgehead atoms. The second-order valence-electron chi connectivity index (χ2n) is 8.12. The standard InChI is InChI=1S/C20H30N2O3/c1-14(15-7-8-18-16(12-15)9-11-24-18)21-17-6-5-10-22(13-17)19(23)25-20(2,3)4/h7-8,12,14,17,21H,5-6,9-11,13H2,1-4H3. The summed E-state index contributed by atoms with van der Waals surface area (Å²) in [5.74, 6) is 1.02. The topological polar surface area (TPSA) is 50.8 Å². The summed E-state index contributed by atoms with van der Waals surface area (Å²) in [4.78, 5) is 14.1. The van der Waals surface area contributed by atoms with Crippen molar-refractivity contribution in [2.45, 2.75) is 64.6 Å². The minimum absolute atomic E-state index is 0.207. The van der Waals surface area contributed by atoms with Gasteiger partial charge in [-0.3, -0.25) is 0 Å². The normalized spacial score (nSPS) is 21.4. The van der Waals surface area contributed by atoms with Crippen LogP contribution in [0.5, 0.6) is 5.75 Å². The quantitative estimate of drug-likeness (QED) is 0.907. The average molecular weight is 346 g/mol. The van der Waals surface area contributed by atoms with E-state index in [2.05, 4.69) is 30.4 Å². The van der Waals surface area contributed by atoms with Crippen molar-refractivity contribution < 1.29 is 14.3 Å². The summed E-state index contributed by atoms with van der Waals surface area (Å²) in [6.45, 7) is 10.2. The van der Waals surface area contributed by atoms with Gasteiger partial charge >= 0.3 is 6.09 Å². The van der Waals surface area contributed by atoms with Gasteiger partial charge in [0.2, 0.25) is 0 Å². The Labute approximate surface area is 150 Å². The molecule has 5 nitrogen and oxygen atoms in total. The summed E-state index contributed by atoms with van der Waals surface area (Å²) in [7, 11) is 0. The van der Waals surface area contributed by atoms with Crippen molar-refractivity contribution in [2.24, 2.45) is 0 Å². The Bertz CT molecular complexity index is 624. The van der Waals surface area contributed by atoms with Gasteiger partial charge in [-0.25, -0.2) is 4.79 Å². The molecule has 1 amide bonds. The Morgan fingerprint density at radius 1 is 1.40 bits per heavy atom. The number of carbonyl (C=O) groups is 1. The summed E-state index contributed by atoms with van der Waals surface area (Å²) in [5, 5.41) is 3.68. The van der Waals surface area contributed by atoms with Gasteiger partial charge in [0.15, 0.2) is 0 Å². The Morgan fingerprint density at radius 2 is 2.20 bits per heavy atom. The number of fused-ring (bicyclic) bond motifs is 1. The third kappa shape index (κ3) is 4.66. The van der Waals surface area contributed by atoms with Crippen molar-refractivity contribution in [3.63, 3.8) is 0 Å². The van der Waals surface area contributed by atoms with Gasteiger partial charge in [-0.05, 0) is 57.7 Å². The molecule has 2 unspecified atom stereocenters. The van der Waals surface area contributed by atoms with Gasteiger partial charge in [-0.2, -0.15) is 0 Å². The van der Waals surface area contributed by atoms with E-state index in [-0.39, 0.29) is 12.1 Å². The highest BCUT2D eigenvalue weighted by Gasteiger charge is 2.28. The van der Waals surface area contributed by atoms with Crippen molar-refractivity contribution in [1.29, 1.82) is 0 Å². The van der Waals surface area contributed by atoms with Crippen molar-refractivity contribution in [3.05, 3.63) is 29.3 Å². The highest BCUT2D eigenvalue weighted by atomic mass is 16.6. The zero-order chi connectivity index (χ0) is 18.0. The van der Waals surface area contributed by atoms with Gasteiger partial charge in [-0.15, -0.1) is 0 Å². The van der Waals surface area contributed by atoms with Crippen molar-refractivity contribution in [2.75, 3.05) is 19.7 Å². The van der Waals surface area contributed by atoms with Crippen LogP contribution in [-0.2, 0) is 11.2 Å². The fraction of sp³-hybridized carbons (Fsp3) is 0.650. The minimum Gasteiger partial charge on any atom is -0.493 e. The Kier molecular flexibility index (Phi) is 5.23. The lowest BCUT2D eigenvalue weighted by atomic mass is 10.0. The first-order valence-electron chi connectivity index (χ1n) is 9.31. The molecule has 2 aliphatic heterocycles. The Morgan fingerprint density at radius 3 is 2.96 bits per heavy atom. The van der Waals surface area contributed by atoms with Crippen molar-refractivity contribution in [1.82, 2.24) is 10.2 Å². The number of amides is 1. The highest BCUT2D eigenvalue weighted by Crippen LogP contribution is 2.28. The van der Waals surface area contributed by atoms with Crippen LogP contribution in [0.15, 0.2) is 18.2 Å². The number of hydrogen-bond acceptors (Lipinski definition) is 4. The van der Waals surface area contributed by atoms with E-state index in [4.69, 9.17) is 9.47 Å². The number of ether oxygens (including phenoxy) is 2. The molecule has 25 heavy (non-hydrogen) atoms. The lowest BCUT2D eigenvalue weighted by Gasteiger charge is -2.35. The maximum absolute atomic E-state index is 12.3. The first kappa shape index (κ1) is 18.1. The van der Waals surface area contributed by atoms with Gasteiger partial charge in [0.1, 0.15) is 11.4 Å². The molecular formula is C20H30N2O3. The fourth-order valence-corrected chi connectivity index (χ4v) is 3.53. The van der Waals surface area contributed by atoms with Gasteiger partial charge < -0.3 is 19.7 Å². The molecule has 2 atom stereocenters. The Hall–Kier alpha value is -1.75. The van der Waals surface area contributed by atoms with Gasteiger partial charge in [-0.1, -0.05) is 12.1 Å². The van der Waals surface area contributed by atoms with Crippen molar-refractivity contribution >= 4 is 6.09 Å². The molecule has 2 heterocycles. The monoisotopic (exact) mass is 346 g/mol. The molecular weight excluding hydrogens is 316 g/mol. The van der Waals surface area contributed by atoms with E-state index in [1.165, 1.54) is 11.1 Å². The number of piperidine rings is 1. The molecule has 1 aromatic carbocycles. The van der Waals surface area contributed by atoms with E-state index >= 15 is 0 Å². The third-order valence-corrected chi connectivity index (χ3v) is 4.77. The molecule has 0 spiro atoms. The lowest BCUT2D eigenvalue weighted by Crippen LogP contribution is -2.49. The van der Waals surface area contributed by atoms with Gasteiger partial charge in [0, 0.05) is 31.6 Å². The first-order valence-corrected chi connectivity index (χ1v) is 9.31. The van der Waals surface area contributed by atoms with Crippen LogP contribution in [0.4, 0.5) is 4.79 Å². The maximum atomic E-state index is 12.3. The molecule has 1 N–H and O–H groups in total. The number of benzene rings is 1. The molecule has 3 rings (SSSR count). The minimum atomic E-state index is -0.447. The second kappa shape index (κ2) is 7.24. The zero-order valence-electron chi connectivity index (χ0n) is 15.8. The van der Waals surface area contributed by atoms with E-state index in [0.717, 1.165) is 38.2 Å². The third-order valence-electron chi connectivity index (χ3n) is 4.77. The van der Waals surface area contributed by atoms with E-state index in [1.807, 2.05) is 25.7 Å². The largest absolute Gasteiger partial charge is 0.493 e. The number of likely N-dealkylation sites (tertiary alicyclic amines) is 1. The predicted octanol–water partition coefficient (Wildman–Crippen LogP) is 3.67. The molecule has 138 valence electrons. The number of nitrogens with one attached hydrogen (secondary N) is 1. The van der Waals surface area contributed by atoms with E-state index in [0.29, 0.717) is 12.6 Å². The molecule has 0 aromatic heterocycles. The fourth-order valence-electron chi connectivity index (χ4n) is 3.53. The highest BCUT2D eigenvalue weighted by molar-refractivity contribution is 5.68. The Balaban J connectivity index is 1.58. The summed E-state index contributed by atoms with van der Waals surface area (Å²) >= 11 is 0. The molecule has 0 radical (unpaired) electrons. The van der Waals surface area contributed by atoms with Crippen LogP contribution in [-0.4, -0.2) is 42.3 Å². The van der Waals surface area contributed by atoms with Crippen LogP contribution in [0.2, 0.25) is 0 Å². The van der Waals surface area contributed by atoms with Crippen molar-refractivity contribution in [3.8, 4) is 5.75 Å². The van der Waals surface area contributed by atoms with Gasteiger partial charge in [0.25, 0.3) is 0 Å². The van der Waals surface area contributed by atoms with Crippen LogP contribution in [0, 0.1) is 0 Å². The molecule has 1 saturated heterocycles. The summed E-state index contributed by atoms with van der Waals surface area (Å²) < 4.78 is 11.1. The van der Waals surface area contributed by atoms with E-state index in [1.54, 1.807) is 0 Å². The molecule has 0 aliphatic carbocycles. The summed E-state index contributed by atoms with van der Waals surface area (Å²) in [6, 6.07) is 6.99. The number of rotatable bonds is 3. The lowest BCUT2D eigenvalue weighted by molar-refractivity contribution is 0.0184. The number of hydrogen-bond donors (Lipinski definition) is 1. The molecule has 1 fully saturated rings. The molecule has 2 aliphatic rings. The molecule has 0 saturated carbocycles. The average Bonchev–Trinajstić information content (AvgIpc) is 3.01. The number of nitrogens with zero attached hydrogens (tertiary/aromatic N) is 1. The summed E-state index contributed by atoms with van der Waals surface area (Å²) in [6.07, 6.45) is 2.87. The predicted molar refractivity (Wildman–Crippen MR) is 98.0 cm³/mol. The van der Waals surface area contributed by atoms with Crippen LogP contribution in [0.1, 0.15) is 57.7 Å². The van der Waals surface area contributed by atoms with Crippen LogP contribution < -0.4 is 10.1 Å². The summed E-state index contributed by atoms with van der Waals surface area (Å²) in [5.41, 5.74) is 2.13. The second-order valence-corrected chi connectivity index (χ2v) is 8.12. The number of carbonyl (C=O) groups excluding carboxylic acids is 1.